The van der Waals surface area contributed by atoms with Crippen molar-refractivity contribution in [3.63, 3.8) is 0 Å². The van der Waals surface area contributed by atoms with Crippen LogP contribution in [-0.4, -0.2) is 23.3 Å². The quantitative estimate of drug-likeness (QED) is 0.796. The summed E-state index contributed by atoms with van der Waals surface area (Å²) < 4.78 is 0. The molecule has 2 aromatic rings. The van der Waals surface area contributed by atoms with Gasteiger partial charge < -0.3 is 10.4 Å². The first-order valence-corrected chi connectivity index (χ1v) is 6.41. The molecule has 3 N–H and O–H groups in total. The second-order valence-corrected chi connectivity index (χ2v) is 4.74. The van der Waals surface area contributed by atoms with Gasteiger partial charge in [0.2, 0.25) is 0 Å². The summed E-state index contributed by atoms with van der Waals surface area (Å²) in [5, 5.41) is 20.3. The first-order chi connectivity index (χ1) is 9.72. The Morgan fingerprint density at radius 1 is 1.10 bits per heavy atom. The lowest BCUT2D eigenvalue weighted by Gasteiger charge is -2.18. The van der Waals surface area contributed by atoms with Gasteiger partial charge in [-0.15, -0.1) is 0 Å². The molecule has 100 valence electrons. The molecule has 0 spiro atoms. The van der Waals surface area contributed by atoms with Gasteiger partial charge in [-0.25, -0.2) is 0 Å². The zero-order chi connectivity index (χ0) is 14.1. The van der Waals surface area contributed by atoms with Crippen LogP contribution in [0.5, 0.6) is 0 Å². The SMILES string of the molecule is N=C1C(=O)Nc2cccc(C(CO)c3ccccc3)c21. The summed E-state index contributed by atoms with van der Waals surface area (Å²) in [6.45, 7) is -0.0675. The van der Waals surface area contributed by atoms with Crippen molar-refractivity contribution in [3.8, 4) is 0 Å². The monoisotopic (exact) mass is 266 g/mol. The maximum Gasteiger partial charge on any atom is 0.274 e. The van der Waals surface area contributed by atoms with Crippen molar-refractivity contribution in [1.29, 1.82) is 5.41 Å². The fourth-order valence-electron chi connectivity index (χ4n) is 2.61. The van der Waals surface area contributed by atoms with E-state index in [1.165, 1.54) is 0 Å². The smallest absolute Gasteiger partial charge is 0.274 e. The van der Waals surface area contributed by atoms with E-state index in [1.807, 2.05) is 42.5 Å². The number of hydrogen-bond donors (Lipinski definition) is 3. The second-order valence-electron chi connectivity index (χ2n) is 4.74. The molecule has 2 aromatic carbocycles. The van der Waals surface area contributed by atoms with E-state index in [-0.39, 0.29) is 18.2 Å². The lowest BCUT2D eigenvalue weighted by molar-refractivity contribution is -0.110. The van der Waals surface area contributed by atoms with Crippen LogP contribution in [0.2, 0.25) is 0 Å². The number of carbonyl (C=O) groups is 1. The standard InChI is InChI=1S/C16H14N2O2/c17-15-14-11(7-4-8-13(14)18-16(15)20)12(9-19)10-5-2-1-3-6-10/h1-8,12,19H,9H2,(H2,17,18,20). The molecule has 0 saturated carbocycles. The topological polar surface area (TPSA) is 73.2 Å². The minimum absolute atomic E-state index is 0.0371. The lowest BCUT2D eigenvalue weighted by Crippen LogP contribution is -2.15. The predicted molar refractivity (Wildman–Crippen MR) is 77.3 cm³/mol. The molecule has 1 heterocycles. The van der Waals surface area contributed by atoms with Crippen molar-refractivity contribution >= 4 is 17.3 Å². The average molecular weight is 266 g/mol. The van der Waals surface area contributed by atoms with Gasteiger partial charge in [0.25, 0.3) is 5.91 Å². The Morgan fingerprint density at radius 2 is 1.85 bits per heavy atom. The summed E-state index contributed by atoms with van der Waals surface area (Å²) in [5.41, 5.74) is 2.98. The van der Waals surface area contributed by atoms with Crippen molar-refractivity contribution in [3.05, 3.63) is 65.2 Å². The van der Waals surface area contributed by atoms with Crippen LogP contribution >= 0.6 is 0 Å². The summed E-state index contributed by atoms with van der Waals surface area (Å²) in [6, 6.07) is 15.1. The van der Waals surface area contributed by atoms with Gasteiger partial charge in [-0.3, -0.25) is 10.2 Å². The van der Waals surface area contributed by atoms with E-state index in [0.717, 1.165) is 11.1 Å². The number of fused-ring (bicyclic) bond motifs is 1. The highest BCUT2D eigenvalue weighted by atomic mass is 16.3. The predicted octanol–water partition coefficient (Wildman–Crippen LogP) is 2.13. The van der Waals surface area contributed by atoms with Gasteiger partial charge in [-0.05, 0) is 17.2 Å². The van der Waals surface area contributed by atoms with Crippen molar-refractivity contribution in [2.45, 2.75) is 5.92 Å². The molecule has 20 heavy (non-hydrogen) atoms. The second kappa shape index (κ2) is 4.90. The van der Waals surface area contributed by atoms with Crippen molar-refractivity contribution < 1.29 is 9.90 Å². The number of benzene rings is 2. The molecule has 1 atom stereocenters. The van der Waals surface area contributed by atoms with E-state index in [0.29, 0.717) is 11.3 Å². The number of nitrogens with one attached hydrogen (secondary N) is 2. The number of aliphatic hydroxyl groups is 1. The third kappa shape index (κ3) is 1.90. The minimum atomic E-state index is -0.391. The average Bonchev–Trinajstić information content (AvgIpc) is 2.77. The molecular formula is C16H14N2O2. The van der Waals surface area contributed by atoms with Gasteiger partial charge in [0.05, 0.1) is 12.3 Å². The third-order valence-electron chi connectivity index (χ3n) is 3.58. The van der Waals surface area contributed by atoms with Crippen LogP contribution in [0, 0.1) is 5.41 Å². The maximum absolute atomic E-state index is 11.6. The largest absolute Gasteiger partial charge is 0.395 e. The van der Waals surface area contributed by atoms with E-state index in [4.69, 9.17) is 5.41 Å². The molecule has 0 saturated heterocycles. The summed E-state index contributed by atoms with van der Waals surface area (Å²) in [4.78, 5) is 11.6. The fraction of sp³-hybridized carbons (Fsp3) is 0.125. The van der Waals surface area contributed by atoms with E-state index in [9.17, 15) is 9.90 Å². The molecular weight excluding hydrogens is 252 g/mol. The Kier molecular flexibility index (Phi) is 3.08. The minimum Gasteiger partial charge on any atom is -0.395 e. The van der Waals surface area contributed by atoms with Gasteiger partial charge in [-0.1, -0.05) is 42.5 Å². The highest BCUT2D eigenvalue weighted by Gasteiger charge is 2.29. The van der Waals surface area contributed by atoms with Crippen LogP contribution in [0.1, 0.15) is 22.6 Å². The third-order valence-corrected chi connectivity index (χ3v) is 3.58. The van der Waals surface area contributed by atoms with Crippen molar-refractivity contribution in [1.82, 2.24) is 0 Å². The van der Waals surface area contributed by atoms with Gasteiger partial charge in [0.15, 0.2) is 0 Å². The fourth-order valence-corrected chi connectivity index (χ4v) is 2.61. The molecule has 1 aliphatic rings. The highest BCUT2D eigenvalue weighted by Crippen LogP contribution is 2.34. The molecule has 0 fully saturated rings. The molecule has 1 aliphatic heterocycles. The van der Waals surface area contributed by atoms with Gasteiger partial charge in [0.1, 0.15) is 5.71 Å². The van der Waals surface area contributed by atoms with Crippen LogP contribution in [0.4, 0.5) is 5.69 Å². The van der Waals surface area contributed by atoms with E-state index in [1.54, 1.807) is 6.07 Å². The Bertz CT molecular complexity index is 680. The molecule has 1 amide bonds. The zero-order valence-electron chi connectivity index (χ0n) is 10.8. The van der Waals surface area contributed by atoms with Crippen LogP contribution in [0.3, 0.4) is 0 Å². The first-order valence-electron chi connectivity index (χ1n) is 6.41. The molecule has 4 heteroatoms. The van der Waals surface area contributed by atoms with Crippen LogP contribution < -0.4 is 5.32 Å². The number of amides is 1. The van der Waals surface area contributed by atoms with Crippen LogP contribution in [0.15, 0.2) is 48.5 Å². The van der Waals surface area contributed by atoms with Crippen LogP contribution in [0.25, 0.3) is 0 Å². The summed E-state index contributed by atoms with van der Waals surface area (Å²) in [6.07, 6.45) is 0. The number of hydrogen-bond acceptors (Lipinski definition) is 3. The van der Waals surface area contributed by atoms with E-state index < -0.39 is 5.91 Å². The van der Waals surface area contributed by atoms with Gasteiger partial charge in [0, 0.05) is 11.5 Å². The first kappa shape index (κ1) is 12.6. The summed E-state index contributed by atoms with van der Waals surface area (Å²) in [5.74, 6) is -0.628. The number of rotatable bonds is 3. The molecule has 3 rings (SSSR count). The lowest BCUT2D eigenvalue weighted by atomic mass is 9.87. The maximum atomic E-state index is 11.6. The number of aliphatic hydroxyl groups excluding tert-OH is 1. The number of carbonyl (C=O) groups excluding carboxylic acids is 1. The molecule has 1 unspecified atom stereocenters. The van der Waals surface area contributed by atoms with Gasteiger partial charge in [-0.2, -0.15) is 0 Å². The highest BCUT2D eigenvalue weighted by molar-refractivity contribution is 6.53. The Labute approximate surface area is 116 Å². The summed E-state index contributed by atoms with van der Waals surface area (Å²) >= 11 is 0. The molecule has 0 aliphatic carbocycles. The van der Waals surface area contributed by atoms with Gasteiger partial charge >= 0.3 is 0 Å². The molecule has 0 radical (unpaired) electrons. The Balaban J connectivity index is 2.14. The molecule has 0 aromatic heterocycles. The number of anilines is 1. The van der Waals surface area contributed by atoms with Crippen molar-refractivity contribution in [2.75, 3.05) is 11.9 Å². The normalized spacial score (nSPS) is 14.8. The van der Waals surface area contributed by atoms with Crippen LogP contribution in [-0.2, 0) is 4.79 Å². The Hall–Kier alpha value is -2.46. The van der Waals surface area contributed by atoms with Crippen molar-refractivity contribution in [2.24, 2.45) is 0 Å². The molecule has 0 bridgehead atoms. The summed E-state index contributed by atoms with van der Waals surface area (Å²) in [7, 11) is 0. The van der Waals surface area contributed by atoms with E-state index in [2.05, 4.69) is 5.32 Å². The van der Waals surface area contributed by atoms with E-state index >= 15 is 0 Å². The zero-order valence-corrected chi connectivity index (χ0v) is 10.8. The molecule has 4 nitrogen and oxygen atoms in total. The Morgan fingerprint density at radius 3 is 2.55 bits per heavy atom.